The van der Waals surface area contributed by atoms with Crippen molar-refractivity contribution >= 4 is 43.5 Å². The average molecular weight is 559 g/mol. The smallest absolute Gasteiger partial charge is 0.00266 e. The number of rotatable bonds is 5. The quantitative estimate of drug-likeness (QED) is 0.146. The Kier molecular flexibility index (Phi) is 6.59. The Labute approximate surface area is 258 Å². The third-order valence-electron chi connectivity index (χ3n) is 8.67. The molecule has 0 N–H and O–H groups in total. The molecule has 206 valence electrons. The molecule has 0 heterocycles. The first-order valence-corrected chi connectivity index (χ1v) is 15.2. The summed E-state index contributed by atoms with van der Waals surface area (Å²) in [6, 6.07) is 65.9. The van der Waals surface area contributed by atoms with Crippen molar-refractivity contribution in [3.8, 4) is 11.1 Å². The zero-order valence-corrected chi connectivity index (χ0v) is 24.3. The third kappa shape index (κ3) is 4.58. The van der Waals surface area contributed by atoms with Gasteiger partial charge in [0.15, 0.2) is 0 Å². The Morgan fingerprint density at radius 3 is 1.09 bits per heavy atom. The second-order valence-corrected chi connectivity index (χ2v) is 11.3. The summed E-state index contributed by atoms with van der Waals surface area (Å²) in [5.74, 6) is 0. The van der Waals surface area contributed by atoms with Crippen LogP contribution in [-0.2, 0) is 0 Å². The van der Waals surface area contributed by atoms with Gasteiger partial charge in [0.05, 0.1) is 0 Å². The van der Waals surface area contributed by atoms with Gasteiger partial charge in [-0.05, 0) is 89.0 Å². The standard InChI is InChI=1S/C44H30/c1-4-15-31(16-5-1)43(32-17-6-2-7-18-32)44(33-19-8-3-9-20-33)36-22-14-21-34(29-36)35-27-28-41-39-25-11-10-23-37(39)38-24-12-13-26-40(38)42(41)30-35/h1-30H. The van der Waals surface area contributed by atoms with Gasteiger partial charge < -0.3 is 0 Å². The van der Waals surface area contributed by atoms with Crippen LogP contribution in [0.5, 0.6) is 0 Å². The Morgan fingerprint density at radius 2 is 0.591 bits per heavy atom. The first-order valence-electron chi connectivity index (χ1n) is 15.2. The van der Waals surface area contributed by atoms with Crippen molar-refractivity contribution in [1.29, 1.82) is 0 Å². The summed E-state index contributed by atoms with van der Waals surface area (Å²) < 4.78 is 0. The van der Waals surface area contributed by atoms with Gasteiger partial charge in [-0.25, -0.2) is 0 Å². The maximum Gasteiger partial charge on any atom is -0.00266 e. The summed E-state index contributed by atoms with van der Waals surface area (Å²) in [6.45, 7) is 0. The Bertz CT molecular complexity index is 2220. The monoisotopic (exact) mass is 558 g/mol. The van der Waals surface area contributed by atoms with E-state index in [0.717, 1.165) is 0 Å². The number of fused-ring (bicyclic) bond motifs is 6. The molecule has 0 saturated heterocycles. The summed E-state index contributed by atoms with van der Waals surface area (Å²) in [5.41, 5.74) is 9.67. The van der Waals surface area contributed by atoms with E-state index >= 15 is 0 Å². The molecular weight excluding hydrogens is 528 g/mol. The SMILES string of the molecule is c1ccc(C(=C(c2ccccc2)c2cccc(-c3ccc4c5ccccc5c5ccccc5c4c3)c2)c2ccccc2)cc1. The van der Waals surface area contributed by atoms with Crippen molar-refractivity contribution in [2.24, 2.45) is 0 Å². The molecule has 0 heteroatoms. The molecule has 44 heavy (non-hydrogen) atoms. The van der Waals surface area contributed by atoms with Gasteiger partial charge in [0.1, 0.15) is 0 Å². The highest BCUT2D eigenvalue weighted by molar-refractivity contribution is 6.25. The van der Waals surface area contributed by atoms with Crippen molar-refractivity contribution in [2.45, 2.75) is 0 Å². The van der Waals surface area contributed by atoms with E-state index in [1.54, 1.807) is 0 Å². The minimum atomic E-state index is 1.19. The summed E-state index contributed by atoms with van der Waals surface area (Å²) in [5, 5.41) is 7.77. The van der Waals surface area contributed by atoms with Crippen LogP contribution in [0.25, 0.3) is 54.6 Å². The maximum absolute atomic E-state index is 2.38. The van der Waals surface area contributed by atoms with E-state index in [0.29, 0.717) is 0 Å². The highest BCUT2D eigenvalue weighted by Crippen LogP contribution is 2.40. The molecule has 0 radical (unpaired) electrons. The molecular formula is C44H30. The highest BCUT2D eigenvalue weighted by Gasteiger charge is 2.17. The molecule has 0 aromatic heterocycles. The van der Waals surface area contributed by atoms with Crippen LogP contribution in [0.3, 0.4) is 0 Å². The van der Waals surface area contributed by atoms with Crippen molar-refractivity contribution in [1.82, 2.24) is 0 Å². The molecule has 0 aliphatic carbocycles. The molecule has 0 aliphatic heterocycles. The molecule has 8 rings (SSSR count). The van der Waals surface area contributed by atoms with Gasteiger partial charge in [-0.1, -0.05) is 170 Å². The van der Waals surface area contributed by atoms with Crippen LogP contribution >= 0.6 is 0 Å². The largest absolute Gasteiger partial charge is 0.0622 e. The first kappa shape index (κ1) is 25.9. The zero-order valence-electron chi connectivity index (χ0n) is 24.3. The lowest BCUT2D eigenvalue weighted by Gasteiger charge is -2.19. The summed E-state index contributed by atoms with van der Waals surface area (Å²) in [4.78, 5) is 0. The lowest BCUT2D eigenvalue weighted by atomic mass is 9.85. The molecule has 0 amide bonds. The molecule has 0 fully saturated rings. The van der Waals surface area contributed by atoms with Crippen LogP contribution in [0.2, 0.25) is 0 Å². The summed E-state index contributed by atoms with van der Waals surface area (Å²) >= 11 is 0. The van der Waals surface area contributed by atoms with Gasteiger partial charge in [-0.3, -0.25) is 0 Å². The van der Waals surface area contributed by atoms with Crippen LogP contribution < -0.4 is 0 Å². The number of benzene rings is 8. The van der Waals surface area contributed by atoms with E-state index in [1.807, 2.05) is 0 Å². The normalized spacial score (nSPS) is 11.2. The lowest BCUT2D eigenvalue weighted by Crippen LogP contribution is -1.97. The van der Waals surface area contributed by atoms with Crippen LogP contribution in [-0.4, -0.2) is 0 Å². The lowest BCUT2D eigenvalue weighted by molar-refractivity contribution is 1.50. The highest BCUT2D eigenvalue weighted by atomic mass is 14.2. The second-order valence-electron chi connectivity index (χ2n) is 11.3. The van der Waals surface area contributed by atoms with Crippen molar-refractivity contribution in [3.05, 3.63) is 204 Å². The molecule has 0 spiro atoms. The zero-order chi connectivity index (χ0) is 29.3. The second kappa shape index (κ2) is 11.2. The van der Waals surface area contributed by atoms with Crippen LogP contribution in [0.1, 0.15) is 22.3 Å². The minimum Gasteiger partial charge on any atom is -0.0622 e. The first-order chi connectivity index (χ1) is 21.8. The molecule has 0 atom stereocenters. The van der Waals surface area contributed by atoms with E-state index in [1.165, 1.54) is 76.8 Å². The molecule has 0 bridgehead atoms. The van der Waals surface area contributed by atoms with E-state index in [2.05, 4.69) is 182 Å². The van der Waals surface area contributed by atoms with E-state index < -0.39 is 0 Å². The van der Waals surface area contributed by atoms with Crippen LogP contribution in [0.4, 0.5) is 0 Å². The van der Waals surface area contributed by atoms with Crippen molar-refractivity contribution < 1.29 is 0 Å². The molecule has 0 nitrogen and oxygen atoms in total. The Morgan fingerprint density at radius 1 is 0.227 bits per heavy atom. The maximum atomic E-state index is 2.38. The van der Waals surface area contributed by atoms with Crippen LogP contribution in [0, 0.1) is 0 Å². The Balaban J connectivity index is 1.38. The van der Waals surface area contributed by atoms with E-state index in [4.69, 9.17) is 0 Å². The van der Waals surface area contributed by atoms with Gasteiger partial charge in [-0.15, -0.1) is 0 Å². The van der Waals surface area contributed by atoms with Gasteiger partial charge in [0, 0.05) is 0 Å². The molecule has 8 aromatic carbocycles. The minimum absolute atomic E-state index is 1.19. The van der Waals surface area contributed by atoms with Gasteiger partial charge in [0.25, 0.3) is 0 Å². The van der Waals surface area contributed by atoms with Crippen molar-refractivity contribution in [2.75, 3.05) is 0 Å². The average Bonchev–Trinajstić information content (AvgIpc) is 3.11. The fraction of sp³-hybridized carbons (Fsp3) is 0. The third-order valence-corrected chi connectivity index (χ3v) is 8.67. The van der Waals surface area contributed by atoms with Crippen LogP contribution in [0.15, 0.2) is 182 Å². The number of hydrogen-bond acceptors (Lipinski definition) is 0. The van der Waals surface area contributed by atoms with Gasteiger partial charge in [-0.2, -0.15) is 0 Å². The van der Waals surface area contributed by atoms with E-state index in [-0.39, 0.29) is 0 Å². The predicted octanol–water partition coefficient (Wildman–Crippen LogP) is 11.8. The summed E-state index contributed by atoms with van der Waals surface area (Å²) in [7, 11) is 0. The topological polar surface area (TPSA) is 0 Å². The molecule has 8 aromatic rings. The van der Waals surface area contributed by atoms with Crippen molar-refractivity contribution in [3.63, 3.8) is 0 Å². The van der Waals surface area contributed by atoms with Gasteiger partial charge >= 0.3 is 0 Å². The fourth-order valence-corrected chi connectivity index (χ4v) is 6.67. The number of hydrogen-bond donors (Lipinski definition) is 0. The summed E-state index contributed by atoms with van der Waals surface area (Å²) in [6.07, 6.45) is 0. The molecule has 0 saturated carbocycles. The molecule has 0 aliphatic rings. The Hall–Kier alpha value is -5.72. The van der Waals surface area contributed by atoms with E-state index in [9.17, 15) is 0 Å². The van der Waals surface area contributed by atoms with Gasteiger partial charge in [0.2, 0.25) is 0 Å². The predicted molar refractivity (Wildman–Crippen MR) is 189 cm³/mol. The molecule has 0 unspecified atom stereocenters. The fourth-order valence-electron chi connectivity index (χ4n) is 6.67.